The topological polar surface area (TPSA) is 72.4 Å². The molecule has 1 saturated heterocycles. The van der Waals surface area contributed by atoms with Gasteiger partial charge in [-0.15, -0.1) is 0 Å². The van der Waals surface area contributed by atoms with E-state index in [-0.39, 0.29) is 22.7 Å². The lowest BCUT2D eigenvalue weighted by Gasteiger charge is -2.35. The highest BCUT2D eigenvalue weighted by molar-refractivity contribution is 5.42. The molecule has 5 heteroatoms. The number of nitro groups is 1. The third-order valence-corrected chi connectivity index (χ3v) is 3.40. The van der Waals surface area contributed by atoms with Crippen molar-refractivity contribution < 1.29 is 4.92 Å². The molecule has 1 aromatic carbocycles. The number of likely N-dealkylation sites (tertiary alicyclic amines) is 1. The van der Waals surface area contributed by atoms with E-state index >= 15 is 0 Å². The summed E-state index contributed by atoms with van der Waals surface area (Å²) < 4.78 is 0. The SMILES string of the molecule is CN1CCC(N)CC1c1ccccc1[N+](=O)[O-]. The molecule has 1 aliphatic rings. The number of para-hydroxylation sites is 1. The number of nitrogens with two attached hydrogens (primary N) is 1. The minimum Gasteiger partial charge on any atom is -0.328 e. The Labute approximate surface area is 100 Å². The van der Waals surface area contributed by atoms with Gasteiger partial charge in [-0.1, -0.05) is 18.2 Å². The minimum atomic E-state index is -0.316. The second-order valence-electron chi connectivity index (χ2n) is 4.60. The third-order valence-electron chi connectivity index (χ3n) is 3.40. The summed E-state index contributed by atoms with van der Waals surface area (Å²) in [6, 6.07) is 7.12. The van der Waals surface area contributed by atoms with Crippen molar-refractivity contribution in [2.45, 2.75) is 24.9 Å². The van der Waals surface area contributed by atoms with Gasteiger partial charge in [0.1, 0.15) is 0 Å². The van der Waals surface area contributed by atoms with Crippen LogP contribution in [-0.2, 0) is 0 Å². The Hall–Kier alpha value is -1.46. The van der Waals surface area contributed by atoms with Gasteiger partial charge in [-0.25, -0.2) is 0 Å². The van der Waals surface area contributed by atoms with Gasteiger partial charge in [0, 0.05) is 23.7 Å². The van der Waals surface area contributed by atoms with Crippen molar-refractivity contribution in [3.63, 3.8) is 0 Å². The van der Waals surface area contributed by atoms with E-state index in [0.29, 0.717) is 0 Å². The first-order valence-electron chi connectivity index (χ1n) is 5.78. The zero-order chi connectivity index (χ0) is 12.4. The van der Waals surface area contributed by atoms with Crippen LogP contribution in [0.5, 0.6) is 0 Å². The van der Waals surface area contributed by atoms with Gasteiger partial charge < -0.3 is 5.73 Å². The van der Waals surface area contributed by atoms with E-state index in [2.05, 4.69) is 4.90 Å². The van der Waals surface area contributed by atoms with Crippen LogP contribution in [0.2, 0.25) is 0 Å². The van der Waals surface area contributed by atoms with E-state index in [9.17, 15) is 10.1 Å². The molecule has 2 N–H and O–H groups in total. The molecule has 2 unspecified atom stereocenters. The Morgan fingerprint density at radius 3 is 2.88 bits per heavy atom. The van der Waals surface area contributed by atoms with Gasteiger partial charge in [0.2, 0.25) is 0 Å². The summed E-state index contributed by atoms with van der Waals surface area (Å²) in [5.41, 5.74) is 6.92. The summed E-state index contributed by atoms with van der Waals surface area (Å²) in [5.74, 6) is 0. The van der Waals surface area contributed by atoms with Crippen LogP contribution in [0.15, 0.2) is 24.3 Å². The van der Waals surface area contributed by atoms with E-state index in [1.165, 1.54) is 0 Å². The summed E-state index contributed by atoms with van der Waals surface area (Å²) in [4.78, 5) is 12.8. The summed E-state index contributed by atoms with van der Waals surface area (Å²) in [5, 5.41) is 11.0. The van der Waals surface area contributed by atoms with E-state index in [0.717, 1.165) is 24.9 Å². The Morgan fingerprint density at radius 2 is 2.18 bits per heavy atom. The predicted octanol–water partition coefficient (Wildman–Crippen LogP) is 1.69. The maximum Gasteiger partial charge on any atom is 0.274 e. The van der Waals surface area contributed by atoms with Gasteiger partial charge in [0.05, 0.1) is 4.92 Å². The Bertz CT molecular complexity index is 422. The molecule has 1 heterocycles. The van der Waals surface area contributed by atoms with Crippen LogP contribution in [0.3, 0.4) is 0 Å². The number of hydrogen-bond acceptors (Lipinski definition) is 4. The quantitative estimate of drug-likeness (QED) is 0.625. The molecule has 0 spiro atoms. The van der Waals surface area contributed by atoms with Crippen LogP contribution in [0.25, 0.3) is 0 Å². The molecule has 0 radical (unpaired) electrons. The monoisotopic (exact) mass is 235 g/mol. The molecule has 0 saturated carbocycles. The maximum atomic E-state index is 11.0. The molecular weight excluding hydrogens is 218 g/mol. The van der Waals surface area contributed by atoms with E-state index < -0.39 is 0 Å². The molecule has 2 atom stereocenters. The molecule has 2 rings (SSSR count). The average Bonchev–Trinajstić information content (AvgIpc) is 2.32. The van der Waals surface area contributed by atoms with Crippen LogP contribution in [0, 0.1) is 10.1 Å². The number of nitro benzene ring substituents is 1. The maximum absolute atomic E-state index is 11.0. The lowest BCUT2D eigenvalue weighted by atomic mass is 9.92. The third kappa shape index (κ3) is 2.45. The van der Waals surface area contributed by atoms with Crippen molar-refractivity contribution >= 4 is 5.69 Å². The standard InChI is InChI=1S/C12H17N3O2/c1-14-7-6-9(13)8-12(14)10-4-2-3-5-11(10)15(16)17/h2-5,9,12H,6-8,13H2,1H3. The summed E-state index contributed by atoms with van der Waals surface area (Å²) in [7, 11) is 1.99. The second-order valence-corrected chi connectivity index (χ2v) is 4.60. The van der Waals surface area contributed by atoms with Crippen molar-refractivity contribution in [1.82, 2.24) is 4.90 Å². The molecule has 92 valence electrons. The number of piperidine rings is 1. The molecule has 1 aliphatic heterocycles. The molecule has 1 fully saturated rings. The average molecular weight is 235 g/mol. The Kier molecular flexibility index (Phi) is 3.40. The van der Waals surface area contributed by atoms with Gasteiger partial charge in [-0.05, 0) is 26.4 Å². The molecule has 0 amide bonds. The van der Waals surface area contributed by atoms with Gasteiger partial charge in [-0.3, -0.25) is 15.0 Å². The zero-order valence-electron chi connectivity index (χ0n) is 9.87. The Morgan fingerprint density at radius 1 is 1.47 bits per heavy atom. The Balaban J connectivity index is 2.35. The molecule has 0 aromatic heterocycles. The van der Waals surface area contributed by atoms with Crippen LogP contribution in [-0.4, -0.2) is 29.5 Å². The van der Waals surface area contributed by atoms with E-state index in [1.807, 2.05) is 19.2 Å². The summed E-state index contributed by atoms with van der Waals surface area (Å²) >= 11 is 0. The van der Waals surface area contributed by atoms with Crippen LogP contribution >= 0.6 is 0 Å². The lowest BCUT2D eigenvalue weighted by Crippen LogP contribution is -2.40. The van der Waals surface area contributed by atoms with Gasteiger partial charge in [0.25, 0.3) is 5.69 Å². The molecular formula is C12H17N3O2. The first kappa shape index (κ1) is 12.0. The predicted molar refractivity (Wildman–Crippen MR) is 65.7 cm³/mol. The summed E-state index contributed by atoms with van der Waals surface area (Å²) in [6.45, 7) is 0.887. The van der Waals surface area contributed by atoms with Crippen LogP contribution in [0.4, 0.5) is 5.69 Å². The highest BCUT2D eigenvalue weighted by Crippen LogP contribution is 2.34. The number of nitrogens with zero attached hydrogens (tertiary/aromatic N) is 2. The number of benzene rings is 1. The largest absolute Gasteiger partial charge is 0.328 e. The van der Waals surface area contributed by atoms with Crippen molar-refractivity contribution in [3.8, 4) is 0 Å². The fraction of sp³-hybridized carbons (Fsp3) is 0.500. The first-order chi connectivity index (χ1) is 8.09. The molecule has 17 heavy (non-hydrogen) atoms. The van der Waals surface area contributed by atoms with E-state index in [1.54, 1.807) is 12.1 Å². The van der Waals surface area contributed by atoms with Crippen molar-refractivity contribution in [3.05, 3.63) is 39.9 Å². The van der Waals surface area contributed by atoms with Gasteiger partial charge in [-0.2, -0.15) is 0 Å². The first-order valence-corrected chi connectivity index (χ1v) is 5.78. The minimum absolute atomic E-state index is 0.0559. The van der Waals surface area contributed by atoms with Crippen LogP contribution in [0.1, 0.15) is 24.4 Å². The molecule has 5 nitrogen and oxygen atoms in total. The molecule has 1 aromatic rings. The fourth-order valence-corrected chi connectivity index (χ4v) is 2.41. The van der Waals surface area contributed by atoms with Crippen LogP contribution < -0.4 is 5.73 Å². The fourth-order valence-electron chi connectivity index (χ4n) is 2.41. The van der Waals surface area contributed by atoms with Crippen molar-refractivity contribution in [1.29, 1.82) is 0 Å². The van der Waals surface area contributed by atoms with Crippen molar-refractivity contribution in [2.24, 2.45) is 5.73 Å². The van der Waals surface area contributed by atoms with Gasteiger partial charge in [0.15, 0.2) is 0 Å². The highest BCUT2D eigenvalue weighted by Gasteiger charge is 2.29. The number of rotatable bonds is 2. The number of hydrogen-bond donors (Lipinski definition) is 1. The zero-order valence-corrected chi connectivity index (χ0v) is 9.87. The normalized spacial score (nSPS) is 25.8. The molecule has 0 aliphatic carbocycles. The highest BCUT2D eigenvalue weighted by atomic mass is 16.6. The molecule has 0 bridgehead atoms. The second kappa shape index (κ2) is 4.81. The van der Waals surface area contributed by atoms with Crippen molar-refractivity contribution in [2.75, 3.05) is 13.6 Å². The smallest absolute Gasteiger partial charge is 0.274 e. The summed E-state index contributed by atoms with van der Waals surface area (Å²) in [6.07, 6.45) is 1.73. The lowest BCUT2D eigenvalue weighted by molar-refractivity contribution is -0.386. The van der Waals surface area contributed by atoms with E-state index in [4.69, 9.17) is 5.73 Å². The van der Waals surface area contributed by atoms with Gasteiger partial charge >= 0.3 is 0 Å².